The van der Waals surface area contributed by atoms with E-state index in [0.29, 0.717) is 0 Å². The van der Waals surface area contributed by atoms with E-state index in [1.54, 1.807) is 6.33 Å². The number of piperidine rings is 1. The SMILES string of the molecule is CCCNc1cc(N2CCCC(C(=O)N(CC)CC)C2)ncn1. The summed E-state index contributed by atoms with van der Waals surface area (Å²) in [5.41, 5.74) is 0. The molecule has 1 aromatic rings. The maximum Gasteiger partial charge on any atom is 0.227 e. The number of carbonyl (C=O) groups excluding carboxylic acids is 1. The Bertz CT molecular complexity index is 504. The molecular formula is C17H29N5O. The maximum atomic E-state index is 12.6. The van der Waals surface area contributed by atoms with Crippen molar-refractivity contribution in [2.24, 2.45) is 5.92 Å². The minimum absolute atomic E-state index is 0.0747. The maximum absolute atomic E-state index is 12.6. The van der Waals surface area contributed by atoms with Crippen LogP contribution in [0.1, 0.15) is 40.0 Å². The lowest BCUT2D eigenvalue weighted by molar-refractivity contribution is -0.135. The average molecular weight is 319 g/mol. The van der Waals surface area contributed by atoms with Gasteiger partial charge in [-0.1, -0.05) is 6.92 Å². The van der Waals surface area contributed by atoms with Crippen LogP contribution in [0.25, 0.3) is 0 Å². The van der Waals surface area contributed by atoms with Gasteiger partial charge in [0.15, 0.2) is 0 Å². The first-order valence-corrected chi connectivity index (χ1v) is 8.79. The Morgan fingerprint density at radius 3 is 2.83 bits per heavy atom. The molecule has 0 saturated carbocycles. The van der Waals surface area contributed by atoms with Crippen LogP contribution in [0.2, 0.25) is 0 Å². The van der Waals surface area contributed by atoms with Gasteiger partial charge in [-0.15, -0.1) is 0 Å². The minimum atomic E-state index is 0.0747. The highest BCUT2D eigenvalue weighted by atomic mass is 16.2. The molecule has 1 saturated heterocycles. The average Bonchev–Trinajstić information content (AvgIpc) is 2.61. The van der Waals surface area contributed by atoms with Gasteiger partial charge in [0.05, 0.1) is 5.92 Å². The summed E-state index contributed by atoms with van der Waals surface area (Å²) in [6, 6.07) is 1.99. The molecule has 0 spiro atoms. The Hall–Kier alpha value is -1.85. The highest BCUT2D eigenvalue weighted by Gasteiger charge is 2.28. The Balaban J connectivity index is 2.04. The van der Waals surface area contributed by atoms with Gasteiger partial charge in [-0.3, -0.25) is 4.79 Å². The Kier molecular flexibility index (Phi) is 6.62. The van der Waals surface area contributed by atoms with Crippen LogP contribution in [0.5, 0.6) is 0 Å². The van der Waals surface area contributed by atoms with Crippen molar-refractivity contribution in [3.63, 3.8) is 0 Å². The van der Waals surface area contributed by atoms with Gasteiger partial charge in [0, 0.05) is 38.8 Å². The first-order valence-electron chi connectivity index (χ1n) is 8.79. The second kappa shape index (κ2) is 8.70. The predicted molar refractivity (Wildman–Crippen MR) is 93.7 cm³/mol. The quantitative estimate of drug-likeness (QED) is 0.836. The topological polar surface area (TPSA) is 61.4 Å². The van der Waals surface area contributed by atoms with Crippen molar-refractivity contribution >= 4 is 17.5 Å². The lowest BCUT2D eigenvalue weighted by atomic mass is 9.96. The monoisotopic (exact) mass is 319 g/mol. The van der Waals surface area contributed by atoms with Gasteiger partial charge in [-0.2, -0.15) is 0 Å². The summed E-state index contributed by atoms with van der Waals surface area (Å²) in [4.78, 5) is 25.4. The zero-order chi connectivity index (χ0) is 16.7. The van der Waals surface area contributed by atoms with Crippen molar-refractivity contribution in [2.75, 3.05) is 42.9 Å². The molecule has 1 atom stereocenters. The number of hydrogen-bond acceptors (Lipinski definition) is 5. The largest absolute Gasteiger partial charge is 0.370 e. The molecule has 0 aliphatic carbocycles. The third kappa shape index (κ3) is 4.56. The van der Waals surface area contributed by atoms with Gasteiger partial charge >= 0.3 is 0 Å². The Morgan fingerprint density at radius 2 is 2.13 bits per heavy atom. The number of carbonyl (C=O) groups is 1. The molecule has 1 fully saturated rings. The van der Waals surface area contributed by atoms with Crippen LogP contribution in [0.4, 0.5) is 11.6 Å². The van der Waals surface area contributed by atoms with Crippen LogP contribution >= 0.6 is 0 Å². The standard InChI is InChI=1S/C17H29N5O/c1-4-9-18-15-11-16(20-13-19-15)22-10-7-8-14(12-22)17(23)21(5-2)6-3/h11,13-14H,4-10,12H2,1-3H3,(H,18,19,20). The minimum Gasteiger partial charge on any atom is -0.370 e. The number of anilines is 2. The first kappa shape index (κ1) is 17.5. The van der Waals surface area contributed by atoms with Gasteiger partial charge in [-0.05, 0) is 33.1 Å². The molecular weight excluding hydrogens is 290 g/mol. The first-order chi connectivity index (χ1) is 11.2. The van der Waals surface area contributed by atoms with Crippen LogP contribution in [-0.2, 0) is 4.79 Å². The molecule has 0 aromatic carbocycles. The van der Waals surface area contributed by atoms with E-state index in [0.717, 1.165) is 63.6 Å². The molecule has 1 aliphatic heterocycles. The summed E-state index contributed by atoms with van der Waals surface area (Å²) in [6.45, 7) is 10.4. The normalized spacial score (nSPS) is 17.9. The van der Waals surface area contributed by atoms with Crippen LogP contribution in [0.3, 0.4) is 0 Å². The molecule has 1 aromatic heterocycles. The predicted octanol–water partition coefficient (Wildman–Crippen LogP) is 2.38. The van der Waals surface area contributed by atoms with E-state index in [1.807, 2.05) is 24.8 Å². The summed E-state index contributed by atoms with van der Waals surface area (Å²) in [6.07, 6.45) is 4.66. The zero-order valence-corrected chi connectivity index (χ0v) is 14.6. The van der Waals surface area contributed by atoms with Crippen molar-refractivity contribution < 1.29 is 4.79 Å². The van der Waals surface area contributed by atoms with Gasteiger partial charge < -0.3 is 15.1 Å². The molecule has 1 N–H and O–H groups in total. The van der Waals surface area contributed by atoms with E-state index in [2.05, 4.69) is 27.1 Å². The van der Waals surface area contributed by atoms with Crippen molar-refractivity contribution in [3.05, 3.63) is 12.4 Å². The van der Waals surface area contributed by atoms with Crippen molar-refractivity contribution in [2.45, 2.75) is 40.0 Å². The molecule has 1 amide bonds. The lowest BCUT2D eigenvalue weighted by Crippen LogP contribution is -2.45. The van der Waals surface area contributed by atoms with Gasteiger partial charge in [0.2, 0.25) is 5.91 Å². The number of nitrogens with zero attached hydrogens (tertiary/aromatic N) is 4. The molecule has 2 rings (SSSR count). The second-order valence-electron chi connectivity index (χ2n) is 5.98. The van der Waals surface area contributed by atoms with Crippen LogP contribution in [0, 0.1) is 5.92 Å². The van der Waals surface area contributed by atoms with Gasteiger partial charge in [-0.25, -0.2) is 9.97 Å². The third-order valence-electron chi connectivity index (χ3n) is 4.38. The van der Waals surface area contributed by atoms with Crippen LogP contribution in [0.15, 0.2) is 12.4 Å². The summed E-state index contributed by atoms with van der Waals surface area (Å²) < 4.78 is 0. The van der Waals surface area contributed by atoms with Gasteiger partial charge in [0.1, 0.15) is 18.0 Å². The third-order valence-corrected chi connectivity index (χ3v) is 4.38. The smallest absolute Gasteiger partial charge is 0.227 e. The van der Waals surface area contributed by atoms with Crippen LogP contribution < -0.4 is 10.2 Å². The number of amides is 1. The zero-order valence-electron chi connectivity index (χ0n) is 14.6. The summed E-state index contributed by atoms with van der Waals surface area (Å²) >= 11 is 0. The second-order valence-corrected chi connectivity index (χ2v) is 5.98. The molecule has 6 heteroatoms. The molecule has 0 radical (unpaired) electrons. The lowest BCUT2D eigenvalue weighted by Gasteiger charge is -2.35. The highest BCUT2D eigenvalue weighted by Crippen LogP contribution is 2.24. The summed E-state index contributed by atoms with van der Waals surface area (Å²) in [7, 11) is 0. The molecule has 6 nitrogen and oxygen atoms in total. The fraction of sp³-hybridized carbons (Fsp3) is 0.706. The molecule has 128 valence electrons. The van der Waals surface area contributed by atoms with E-state index < -0.39 is 0 Å². The van der Waals surface area contributed by atoms with Crippen LogP contribution in [-0.4, -0.2) is 53.5 Å². The van der Waals surface area contributed by atoms with E-state index in [-0.39, 0.29) is 11.8 Å². The van der Waals surface area contributed by atoms with E-state index in [1.165, 1.54) is 0 Å². The fourth-order valence-corrected chi connectivity index (χ4v) is 3.05. The number of aromatic nitrogens is 2. The van der Waals surface area contributed by atoms with Gasteiger partial charge in [0.25, 0.3) is 0 Å². The highest BCUT2D eigenvalue weighted by molar-refractivity contribution is 5.79. The number of rotatable bonds is 7. The summed E-state index contributed by atoms with van der Waals surface area (Å²) in [5.74, 6) is 2.12. The molecule has 23 heavy (non-hydrogen) atoms. The Morgan fingerprint density at radius 1 is 1.35 bits per heavy atom. The van der Waals surface area contributed by atoms with Crippen molar-refractivity contribution in [3.8, 4) is 0 Å². The number of hydrogen-bond donors (Lipinski definition) is 1. The summed E-state index contributed by atoms with van der Waals surface area (Å²) in [5, 5.41) is 3.29. The fourth-order valence-electron chi connectivity index (χ4n) is 3.05. The molecule has 2 heterocycles. The molecule has 0 bridgehead atoms. The van der Waals surface area contributed by atoms with E-state index >= 15 is 0 Å². The van der Waals surface area contributed by atoms with E-state index in [9.17, 15) is 4.79 Å². The molecule has 1 unspecified atom stereocenters. The van der Waals surface area contributed by atoms with Crippen molar-refractivity contribution in [1.29, 1.82) is 0 Å². The Labute approximate surface area is 139 Å². The van der Waals surface area contributed by atoms with Crippen molar-refractivity contribution in [1.82, 2.24) is 14.9 Å². The van der Waals surface area contributed by atoms with E-state index in [4.69, 9.17) is 0 Å². The molecule has 1 aliphatic rings. The number of nitrogens with one attached hydrogen (secondary N) is 1.